The molecule has 3 rings (SSSR count). The molecular formula is C21H27NO2S2. The van der Waals surface area contributed by atoms with Gasteiger partial charge in [-0.15, -0.1) is 11.8 Å². The number of hydrogen-bond acceptors (Lipinski definition) is 4. The van der Waals surface area contributed by atoms with Gasteiger partial charge >= 0.3 is 0 Å². The van der Waals surface area contributed by atoms with E-state index >= 15 is 0 Å². The van der Waals surface area contributed by atoms with E-state index in [1.54, 1.807) is 23.1 Å². The molecule has 1 amide bonds. The summed E-state index contributed by atoms with van der Waals surface area (Å²) in [5.41, 5.74) is 2.07. The van der Waals surface area contributed by atoms with Gasteiger partial charge in [-0.25, -0.2) is 0 Å². The van der Waals surface area contributed by atoms with Crippen LogP contribution in [-0.4, -0.2) is 25.2 Å². The Bertz CT molecular complexity index is 666. The van der Waals surface area contributed by atoms with E-state index in [-0.39, 0.29) is 5.91 Å². The van der Waals surface area contributed by atoms with Crippen LogP contribution in [0, 0.1) is 0 Å². The third kappa shape index (κ3) is 6.15. The number of thiophene rings is 1. The van der Waals surface area contributed by atoms with Crippen molar-refractivity contribution < 1.29 is 9.53 Å². The fraction of sp³-hybridized carbons (Fsp3) is 0.476. The molecular weight excluding hydrogens is 362 g/mol. The second-order valence-electron chi connectivity index (χ2n) is 6.66. The van der Waals surface area contributed by atoms with Crippen LogP contribution in [0.25, 0.3) is 0 Å². The molecule has 1 saturated carbocycles. The highest BCUT2D eigenvalue weighted by Crippen LogP contribution is 2.27. The molecule has 0 bridgehead atoms. The van der Waals surface area contributed by atoms with Crippen molar-refractivity contribution in [2.45, 2.75) is 55.3 Å². The molecule has 3 nitrogen and oxygen atoms in total. The summed E-state index contributed by atoms with van der Waals surface area (Å²) in [5.74, 6) is 0.902. The van der Waals surface area contributed by atoms with E-state index in [4.69, 9.17) is 4.74 Å². The normalized spacial score (nSPS) is 15.1. The molecule has 1 aromatic heterocycles. The van der Waals surface area contributed by atoms with E-state index in [1.165, 1.54) is 37.7 Å². The standard InChI is InChI=1S/C21H27NO2S2/c23-21(22-12-6-13-24-18-7-2-1-3-8-18)19-9-4-5-10-20(19)26-16-17-11-14-25-15-17/h4-5,9-11,14-15,18H,1-3,6-8,12-13,16H2,(H,22,23). The molecule has 1 aliphatic rings. The summed E-state index contributed by atoms with van der Waals surface area (Å²) in [6.45, 7) is 1.40. The van der Waals surface area contributed by atoms with Gasteiger partial charge in [0, 0.05) is 23.8 Å². The van der Waals surface area contributed by atoms with Crippen molar-refractivity contribution in [3.05, 3.63) is 52.2 Å². The SMILES string of the molecule is O=C(NCCCOC1CCCCC1)c1ccccc1SCc1ccsc1. The quantitative estimate of drug-likeness (QED) is 0.454. The van der Waals surface area contributed by atoms with Crippen LogP contribution in [0.5, 0.6) is 0 Å². The van der Waals surface area contributed by atoms with Crippen molar-refractivity contribution in [3.8, 4) is 0 Å². The van der Waals surface area contributed by atoms with Crippen LogP contribution in [0.4, 0.5) is 0 Å². The molecule has 5 heteroatoms. The first-order valence-corrected chi connectivity index (χ1v) is 11.4. The minimum atomic E-state index is 0.0103. The molecule has 2 aromatic rings. The Labute approximate surface area is 164 Å². The maximum atomic E-state index is 12.5. The first kappa shape index (κ1) is 19.5. The van der Waals surface area contributed by atoms with Gasteiger partial charge in [-0.2, -0.15) is 11.3 Å². The lowest BCUT2D eigenvalue weighted by atomic mass is 9.98. The van der Waals surface area contributed by atoms with E-state index in [1.807, 2.05) is 24.3 Å². The molecule has 0 aliphatic heterocycles. The van der Waals surface area contributed by atoms with E-state index in [9.17, 15) is 4.79 Å². The lowest BCUT2D eigenvalue weighted by Crippen LogP contribution is -2.26. The number of hydrogen-bond donors (Lipinski definition) is 1. The Balaban J connectivity index is 1.41. The average molecular weight is 390 g/mol. The number of thioether (sulfide) groups is 1. The van der Waals surface area contributed by atoms with Gasteiger partial charge in [0.15, 0.2) is 0 Å². The lowest BCUT2D eigenvalue weighted by Gasteiger charge is -2.21. The van der Waals surface area contributed by atoms with Gasteiger partial charge in [0.25, 0.3) is 5.91 Å². The number of amides is 1. The van der Waals surface area contributed by atoms with Crippen molar-refractivity contribution in [1.82, 2.24) is 5.32 Å². The smallest absolute Gasteiger partial charge is 0.252 e. The molecule has 140 valence electrons. The van der Waals surface area contributed by atoms with Crippen molar-refractivity contribution in [2.75, 3.05) is 13.2 Å². The predicted octanol–water partition coefficient (Wildman–Crippen LogP) is 5.51. The Morgan fingerprint density at radius 3 is 2.85 bits per heavy atom. The van der Waals surface area contributed by atoms with Crippen LogP contribution in [0.1, 0.15) is 54.4 Å². The van der Waals surface area contributed by atoms with E-state index < -0.39 is 0 Å². The molecule has 1 N–H and O–H groups in total. The molecule has 0 unspecified atom stereocenters. The summed E-state index contributed by atoms with van der Waals surface area (Å²) in [4.78, 5) is 13.6. The van der Waals surface area contributed by atoms with Crippen LogP contribution in [-0.2, 0) is 10.5 Å². The topological polar surface area (TPSA) is 38.3 Å². The number of carbonyl (C=O) groups excluding carboxylic acids is 1. The second kappa shape index (κ2) is 10.8. The van der Waals surface area contributed by atoms with Gasteiger partial charge < -0.3 is 10.1 Å². The van der Waals surface area contributed by atoms with E-state index in [0.717, 1.165) is 29.2 Å². The van der Waals surface area contributed by atoms with Gasteiger partial charge in [-0.3, -0.25) is 4.79 Å². The van der Waals surface area contributed by atoms with Crippen molar-refractivity contribution in [3.63, 3.8) is 0 Å². The Kier molecular flexibility index (Phi) is 8.05. The highest BCUT2D eigenvalue weighted by atomic mass is 32.2. The van der Waals surface area contributed by atoms with Gasteiger partial charge in [0.1, 0.15) is 0 Å². The van der Waals surface area contributed by atoms with E-state index in [2.05, 4.69) is 22.1 Å². The van der Waals surface area contributed by atoms with Crippen molar-refractivity contribution in [1.29, 1.82) is 0 Å². The minimum absolute atomic E-state index is 0.0103. The average Bonchev–Trinajstić information content (AvgIpc) is 3.20. The van der Waals surface area contributed by atoms with Gasteiger partial charge in [0.05, 0.1) is 11.7 Å². The summed E-state index contributed by atoms with van der Waals surface area (Å²) < 4.78 is 5.92. The summed E-state index contributed by atoms with van der Waals surface area (Å²) in [6, 6.07) is 9.98. The van der Waals surface area contributed by atoms with Crippen LogP contribution in [0.2, 0.25) is 0 Å². The molecule has 1 fully saturated rings. The number of nitrogens with one attached hydrogen (secondary N) is 1. The zero-order chi connectivity index (χ0) is 18.0. The molecule has 0 radical (unpaired) electrons. The molecule has 0 saturated heterocycles. The number of benzene rings is 1. The predicted molar refractivity (Wildman–Crippen MR) is 110 cm³/mol. The van der Waals surface area contributed by atoms with E-state index in [0.29, 0.717) is 12.6 Å². The van der Waals surface area contributed by atoms with Crippen LogP contribution >= 0.6 is 23.1 Å². The third-order valence-electron chi connectivity index (χ3n) is 4.62. The maximum Gasteiger partial charge on any atom is 0.252 e. The zero-order valence-corrected chi connectivity index (χ0v) is 16.7. The van der Waals surface area contributed by atoms with Crippen LogP contribution < -0.4 is 5.32 Å². The third-order valence-corrected chi connectivity index (χ3v) is 6.50. The van der Waals surface area contributed by atoms with Crippen molar-refractivity contribution in [2.24, 2.45) is 0 Å². The molecule has 1 heterocycles. The number of rotatable bonds is 9. The summed E-state index contributed by atoms with van der Waals surface area (Å²) in [5, 5.41) is 7.28. The van der Waals surface area contributed by atoms with Gasteiger partial charge in [0.2, 0.25) is 0 Å². The van der Waals surface area contributed by atoms with Gasteiger partial charge in [-0.1, -0.05) is 31.4 Å². The Morgan fingerprint density at radius 2 is 2.04 bits per heavy atom. The number of carbonyl (C=O) groups is 1. The highest BCUT2D eigenvalue weighted by molar-refractivity contribution is 7.98. The Hall–Kier alpha value is -1.30. The first-order chi connectivity index (χ1) is 12.8. The van der Waals surface area contributed by atoms with Crippen LogP contribution in [0.3, 0.4) is 0 Å². The Morgan fingerprint density at radius 1 is 1.19 bits per heavy atom. The summed E-state index contributed by atoms with van der Waals surface area (Å²) >= 11 is 3.42. The van der Waals surface area contributed by atoms with Gasteiger partial charge in [-0.05, 0) is 53.8 Å². The lowest BCUT2D eigenvalue weighted by molar-refractivity contribution is 0.0273. The number of ether oxygens (including phenoxy) is 1. The largest absolute Gasteiger partial charge is 0.378 e. The fourth-order valence-electron chi connectivity index (χ4n) is 3.17. The molecule has 1 aliphatic carbocycles. The van der Waals surface area contributed by atoms with Crippen molar-refractivity contribution >= 4 is 29.0 Å². The molecule has 0 spiro atoms. The second-order valence-corrected chi connectivity index (χ2v) is 8.45. The zero-order valence-electron chi connectivity index (χ0n) is 15.1. The van der Waals surface area contributed by atoms with Crippen LogP contribution in [0.15, 0.2) is 46.0 Å². The highest BCUT2D eigenvalue weighted by Gasteiger charge is 2.14. The fourth-order valence-corrected chi connectivity index (χ4v) is 4.93. The summed E-state index contributed by atoms with van der Waals surface area (Å²) in [7, 11) is 0. The maximum absolute atomic E-state index is 12.5. The molecule has 26 heavy (non-hydrogen) atoms. The molecule has 0 atom stereocenters. The minimum Gasteiger partial charge on any atom is -0.378 e. The first-order valence-electron chi connectivity index (χ1n) is 9.45. The molecule has 1 aromatic carbocycles. The monoisotopic (exact) mass is 389 g/mol. The summed E-state index contributed by atoms with van der Waals surface area (Å²) in [6.07, 6.45) is 7.63.